The number of aliphatic hydroxyl groups excluding tert-OH is 1. The largest absolute Gasteiger partial charge is 0.392 e. The Labute approximate surface area is 113 Å². The van der Waals surface area contributed by atoms with Crippen molar-refractivity contribution < 1.29 is 5.11 Å². The lowest BCUT2D eigenvalue weighted by Crippen LogP contribution is -2.34. The van der Waals surface area contributed by atoms with Gasteiger partial charge in [0.2, 0.25) is 0 Å². The molecule has 4 heteroatoms. The molecule has 96 valence electrons. The molecule has 0 bridgehead atoms. The molecule has 0 spiro atoms. The number of halogens is 2. The standard InChI is InChI=1S/C13H19Cl2NO/c1-2-4-12(16)13(17)8-7-9-10(14)5-3-6-11(9)15/h3,5-6,12-13,17H,2,4,7-8,16H2,1H3. The minimum atomic E-state index is -0.498. The summed E-state index contributed by atoms with van der Waals surface area (Å²) in [5.41, 5.74) is 6.74. The van der Waals surface area contributed by atoms with Crippen LogP contribution in [0, 0.1) is 0 Å². The third-order valence-electron chi connectivity index (χ3n) is 2.87. The van der Waals surface area contributed by atoms with E-state index < -0.39 is 6.10 Å². The third kappa shape index (κ3) is 4.47. The van der Waals surface area contributed by atoms with Gasteiger partial charge in [-0.1, -0.05) is 42.6 Å². The van der Waals surface area contributed by atoms with Crippen LogP contribution in [0.2, 0.25) is 10.0 Å². The summed E-state index contributed by atoms with van der Waals surface area (Å²) in [6, 6.07) is 5.26. The Bertz CT molecular complexity index is 337. The maximum absolute atomic E-state index is 9.88. The van der Waals surface area contributed by atoms with Gasteiger partial charge in [0.1, 0.15) is 0 Å². The van der Waals surface area contributed by atoms with E-state index in [1.807, 2.05) is 6.07 Å². The van der Waals surface area contributed by atoms with Crippen LogP contribution in [0.3, 0.4) is 0 Å². The van der Waals surface area contributed by atoms with E-state index in [-0.39, 0.29) is 6.04 Å². The second-order valence-corrected chi connectivity index (χ2v) is 5.07. The predicted molar refractivity (Wildman–Crippen MR) is 73.7 cm³/mol. The zero-order valence-corrected chi connectivity index (χ0v) is 11.5. The lowest BCUT2D eigenvalue weighted by atomic mass is 9.99. The Kier molecular flexibility index (Phi) is 6.28. The number of aliphatic hydroxyl groups is 1. The van der Waals surface area contributed by atoms with Crippen molar-refractivity contribution in [1.29, 1.82) is 0 Å². The average molecular weight is 276 g/mol. The second kappa shape index (κ2) is 7.22. The lowest BCUT2D eigenvalue weighted by Gasteiger charge is -2.18. The fourth-order valence-corrected chi connectivity index (χ4v) is 2.39. The van der Waals surface area contributed by atoms with Crippen LogP contribution in [-0.4, -0.2) is 17.3 Å². The molecule has 1 aromatic carbocycles. The highest BCUT2D eigenvalue weighted by atomic mass is 35.5. The SMILES string of the molecule is CCCC(N)C(O)CCc1c(Cl)cccc1Cl. The van der Waals surface area contributed by atoms with Crippen LogP contribution in [0.15, 0.2) is 18.2 Å². The molecule has 0 aliphatic rings. The fourth-order valence-electron chi connectivity index (χ4n) is 1.80. The van der Waals surface area contributed by atoms with Crippen LogP contribution in [-0.2, 0) is 6.42 Å². The van der Waals surface area contributed by atoms with E-state index in [0.717, 1.165) is 18.4 Å². The minimum Gasteiger partial charge on any atom is -0.392 e. The molecule has 0 aromatic heterocycles. The first kappa shape index (κ1) is 14.8. The van der Waals surface area contributed by atoms with Gasteiger partial charge in [-0.25, -0.2) is 0 Å². The Morgan fingerprint density at radius 1 is 1.24 bits per heavy atom. The lowest BCUT2D eigenvalue weighted by molar-refractivity contribution is 0.131. The third-order valence-corrected chi connectivity index (χ3v) is 3.58. The molecular formula is C13H19Cl2NO. The summed E-state index contributed by atoms with van der Waals surface area (Å²) in [7, 11) is 0. The molecular weight excluding hydrogens is 257 g/mol. The first-order chi connectivity index (χ1) is 8.06. The summed E-state index contributed by atoms with van der Waals surface area (Å²) < 4.78 is 0. The summed E-state index contributed by atoms with van der Waals surface area (Å²) in [6.07, 6.45) is 2.55. The van der Waals surface area contributed by atoms with E-state index in [2.05, 4.69) is 6.92 Å². The Hall–Kier alpha value is -0.280. The van der Waals surface area contributed by atoms with Crippen molar-refractivity contribution in [2.24, 2.45) is 5.73 Å². The summed E-state index contributed by atoms with van der Waals surface area (Å²) in [6.45, 7) is 2.05. The summed E-state index contributed by atoms with van der Waals surface area (Å²) in [4.78, 5) is 0. The molecule has 0 heterocycles. The molecule has 0 radical (unpaired) electrons. The predicted octanol–water partition coefficient (Wildman–Crippen LogP) is 3.41. The molecule has 17 heavy (non-hydrogen) atoms. The molecule has 1 rings (SSSR count). The molecule has 0 amide bonds. The van der Waals surface area contributed by atoms with E-state index in [1.165, 1.54) is 0 Å². The van der Waals surface area contributed by atoms with Crippen LogP contribution < -0.4 is 5.73 Å². The fraction of sp³-hybridized carbons (Fsp3) is 0.538. The Morgan fingerprint density at radius 2 is 1.82 bits per heavy atom. The highest BCUT2D eigenvalue weighted by Crippen LogP contribution is 2.26. The van der Waals surface area contributed by atoms with Crippen molar-refractivity contribution in [2.45, 2.75) is 44.8 Å². The van der Waals surface area contributed by atoms with Crippen molar-refractivity contribution >= 4 is 23.2 Å². The van der Waals surface area contributed by atoms with Crippen LogP contribution in [0.25, 0.3) is 0 Å². The second-order valence-electron chi connectivity index (χ2n) is 4.26. The number of hydrogen-bond acceptors (Lipinski definition) is 2. The maximum Gasteiger partial charge on any atom is 0.0694 e. The van der Waals surface area contributed by atoms with Gasteiger partial charge in [0.25, 0.3) is 0 Å². The number of rotatable bonds is 6. The van der Waals surface area contributed by atoms with E-state index in [0.29, 0.717) is 22.9 Å². The molecule has 3 N–H and O–H groups in total. The molecule has 0 saturated carbocycles. The zero-order valence-electron chi connectivity index (χ0n) is 10.00. The summed E-state index contributed by atoms with van der Waals surface area (Å²) in [5.74, 6) is 0. The van der Waals surface area contributed by atoms with Crippen LogP contribution >= 0.6 is 23.2 Å². The van der Waals surface area contributed by atoms with Gasteiger partial charge in [-0.05, 0) is 37.0 Å². The quantitative estimate of drug-likeness (QED) is 0.836. The first-order valence-corrected chi connectivity index (χ1v) is 6.68. The van der Waals surface area contributed by atoms with Gasteiger partial charge in [-0.3, -0.25) is 0 Å². The van der Waals surface area contributed by atoms with Gasteiger partial charge in [-0.2, -0.15) is 0 Å². The van der Waals surface area contributed by atoms with Crippen molar-refractivity contribution in [1.82, 2.24) is 0 Å². The maximum atomic E-state index is 9.88. The van der Waals surface area contributed by atoms with Gasteiger partial charge < -0.3 is 10.8 Å². The molecule has 2 nitrogen and oxygen atoms in total. The monoisotopic (exact) mass is 275 g/mol. The molecule has 2 unspecified atom stereocenters. The summed E-state index contributed by atoms with van der Waals surface area (Å²) in [5, 5.41) is 11.2. The van der Waals surface area contributed by atoms with E-state index >= 15 is 0 Å². The van der Waals surface area contributed by atoms with Crippen LogP contribution in [0.1, 0.15) is 31.7 Å². The van der Waals surface area contributed by atoms with Gasteiger partial charge in [0, 0.05) is 16.1 Å². The molecule has 0 aliphatic carbocycles. The van der Waals surface area contributed by atoms with Gasteiger partial charge >= 0.3 is 0 Å². The smallest absolute Gasteiger partial charge is 0.0694 e. The van der Waals surface area contributed by atoms with Crippen molar-refractivity contribution in [2.75, 3.05) is 0 Å². The molecule has 0 aliphatic heterocycles. The highest BCUT2D eigenvalue weighted by Gasteiger charge is 2.15. The van der Waals surface area contributed by atoms with E-state index in [1.54, 1.807) is 12.1 Å². The molecule has 0 fully saturated rings. The Morgan fingerprint density at radius 3 is 2.35 bits per heavy atom. The molecule has 2 atom stereocenters. The normalized spacial score (nSPS) is 14.6. The molecule has 0 saturated heterocycles. The van der Waals surface area contributed by atoms with Crippen molar-refractivity contribution in [3.8, 4) is 0 Å². The van der Waals surface area contributed by atoms with Crippen LogP contribution in [0.4, 0.5) is 0 Å². The average Bonchev–Trinajstić information content (AvgIpc) is 2.28. The van der Waals surface area contributed by atoms with Crippen LogP contribution in [0.5, 0.6) is 0 Å². The molecule has 1 aromatic rings. The van der Waals surface area contributed by atoms with Gasteiger partial charge in [0.05, 0.1) is 6.10 Å². The van der Waals surface area contributed by atoms with E-state index in [4.69, 9.17) is 28.9 Å². The van der Waals surface area contributed by atoms with Crippen molar-refractivity contribution in [3.63, 3.8) is 0 Å². The number of benzene rings is 1. The van der Waals surface area contributed by atoms with Gasteiger partial charge in [-0.15, -0.1) is 0 Å². The minimum absolute atomic E-state index is 0.165. The van der Waals surface area contributed by atoms with Gasteiger partial charge in [0.15, 0.2) is 0 Å². The number of hydrogen-bond donors (Lipinski definition) is 2. The summed E-state index contributed by atoms with van der Waals surface area (Å²) >= 11 is 12.1. The first-order valence-electron chi connectivity index (χ1n) is 5.92. The number of nitrogens with two attached hydrogens (primary N) is 1. The Balaban J connectivity index is 2.55. The van der Waals surface area contributed by atoms with E-state index in [9.17, 15) is 5.11 Å². The van der Waals surface area contributed by atoms with Crippen molar-refractivity contribution in [3.05, 3.63) is 33.8 Å². The topological polar surface area (TPSA) is 46.2 Å². The zero-order chi connectivity index (χ0) is 12.8. The highest BCUT2D eigenvalue weighted by molar-refractivity contribution is 6.35.